The molecule has 1 heterocycles. The SMILES string of the molecule is CCNC(=NCc1cc(CC)no1)NCCc1cccc(Cl)c1. The highest BCUT2D eigenvalue weighted by Gasteiger charge is 2.03. The summed E-state index contributed by atoms with van der Waals surface area (Å²) in [6.45, 7) is 6.14. The highest BCUT2D eigenvalue weighted by molar-refractivity contribution is 6.30. The standard InChI is InChI=1S/C17H23ClN4O/c1-3-15-11-16(23-22-15)12-21-17(19-4-2)20-9-8-13-6-5-7-14(18)10-13/h5-7,10-11H,3-4,8-9,12H2,1-2H3,(H2,19,20,21). The number of aromatic nitrogens is 1. The van der Waals surface area contributed by atoms with Gasteiger partial charge in [0, 0.05) is 24.2 Å². The zero-order valence-electron chi connectivity index (χ0n) is 13.6. The Balaban J connectivity index is 1.86. The molecule has 0 bridgehead atoms. The molecule has 2 aromatic rings. The highest BCUT2D eigenvalue weighted by atomic mass is 35.5. The van der Waals surface area contributed by atoms with Gasteiger partial charge in [-0.25, -0.2) is 4.99 Å². The molecule has 5 nitrogen and oxygen atoms in total. The molecule has 0 unspecified atom stereocenters. The first-order valence-corrected chi connectivity index (χ1v) is 8.30. The molecule has 1 aromatic heterocycles. The quantitative estimate of drug-likeness (QED) is 0.603. The van der Waals surface area contributed by atoms with Gasteiger partial charge < -0.3 is 15.2 Å². The predicted octanol–water partition coefficient (Wildman–Crippen LogP) is 3.19. The predicted molar refractivity (Wildman–Crippen MR) is 93.9 cm³/mol. The molecule has 2 N–H and O–H groups in total. The van der Waals surface area contributed by atoms with Crippen molar-refractivity contribution in [3.8, 4) is 0 Å². The van der Waals surface area contributed by atoms with E-state index in [0.717, 1.165) is 48.4 Å². The summed E-state index contributed by atoms with van der Waals surface area (Å²) >= 11 is 5.99. The van der Waals surface area contributed by atoms with Crippen LogP contribution >= 0.6 is 11.6 Å². The van der Waals surface area contributed by atoms with Crippen LogP contribution in [0.2, 0.25) is 5.02 Å². The number of rotatable bonds is 7. The van der Waals surface area contributed by atoms with E-state index in [0.29, 0.717) is 6.54 Å². The first kappa shape index (κ1) is 17.3. The van der Waals surface area contributed by atoms with Crippen LogP contribution < -0.4 is 10.6 Å². The molecule has 0 aliphatic heterocycles. The second-order valence-corrected chi connectivity index (χ2v) is 5.58. The average Bonchev–Trinajstić information content (AvgIpc) is 3.01. The van der Waals surface area contributed by atoms with E-state index in [9.17, 15) is 0 Å². The Labute approximate surface area is 142 Å². The molecule has 23 heavy (non-hydrogen) atoms. The van der Waals surface area contributed by atoms with Crippen molar-refractivity contribution in [1.82, 2.24) is 15.8 Å². The van der Waals surface area contributed by atoms with Gasteiger partial charge in [-0.15, -0.1) is 0 Å². The van der Waals surface area contributed by atoms with Gasteiger partial charge in [-0.2, -0.15) is 0 Å². The number of benzene rings is 1. The van der Waals surface area contributed by atoms with Gasteiger partial charge in [-0.3, -0.25) is 0 Å². The zero-order valence-corrected chi connectivity index (χ0v) is 14.4. The van der Waals surface area contributed by atoms with Gasteiger partial charge in [0.2, 0.25) is 0 Å². The Bertz CT molecular complexity index is 639. The summed E-state index contributed by atoms with van der Waals surface area (Å²) < 4.78 is 5.24. The fraction of sp³-hybridized carbons (Fsp3) is 0.412. The van der Waals surface area contributed by atoms with Crippen LogP contribution in [0, 0.1) is 0 Å². The van der Waals surface area contributed by atoms with Crippen molar-refractivity contribution in [1.29, 1.82) is 0 Å². The molecule has 2 rings (SSSR count). The summed E-state index contributed by atoms with van der Waals surface area (Å²) in [5.41, 5.74) is 2.15. The Morgan fingerprint density at radius 2 is 2.13 bits per heavy atom. The van der Waals surface area contributed by atoms with Crippen LogP contribution in [0.1, 0.15) is 30.9 Å². The third-order valence-electron chi connectivity index (χ3n) is 3.30. The fourth-order valence-corrected chi connectivity index (χ4v) is 2.33. The maximum absolute atomic E-state index is 5.99. The van der Waals surface area contributed by atoms with Crippen molar-refractivity contribution in [2.75, 3.05) is 13.1 Å². The second-order valence-electron chi connectivity index (χ2n) is 5.14. The number of aryl methyl sites for hydroxylation is 1. The molecule has 0 aliphatic carbocycles. The van der Waals surface area contributed by atoms with E-state index >= 15 is 0 Å². The van der Waals surface area contributed by atoms with Crippen molar-refractivity contribution in [2.45, 2.75) is 33.2 Å². The Morgan fingerprint density at radius 1 is 1.26 bits per heavy atom. The summed E-state index contributed by atoms with van der Waals surface area (Å²) in [4.78, 5) is 4.51. The Kier molecular flexibility index (Phi) is 6.94. The van der Waals surface area contributed by atoms with Crippen LogP contribution in [-0.4, -0.2) is 24.2 Å². The van der Waals surface area contributed by atoms with Crippen LogP contribution in [0.3, 0.4) is 0 Å². The minimum absolute atomic E-state index is 0.472. The van der Waals surface area contributed by atoms with Gasteiger partial charge in [0.15, 0.2) is 11.7 Å². The summed E-state index contributed by atoms with van der Waals surface area (Å²) in [5, 5.41) is 11.3. The first-order chi connectivity index (χ1) is 11.2. The number of aliphatic imine (C=N–C) groups is 1. The van der Waals surface area contributed by atoms with Crippen molar-refractivity contribution in [2.24, 2.45) is 4.99 Å². The number of guanidine groups is 1. The van der Waals surface area contributed by atoms with E-state index in [1.165, 1.54) is 5.56 Å². The lowest BCUT2D eigenvalue weighted by Gasteiger charge is -2.11. The van der Waals surface area contributed by atoms with E-state index in [2.05, 4.69) is 26.8 Å². The molecule has 0 atom stereocenters. The molecule has 1 aromatic carbocycles. The van der Waals surface area contributed by atoms with Gasteiger partial charge in [0.05, 0.1) is 5.69 Å². The van der Waals surface area contributed by atoms with Crippen LogP contribution in [0.5, 0.6) is 0 Å². The minimum Gasteiger partial charge on any atom is -0.359 e. The molecule has 0 fully saturated rings. The molecule has 124 valence electrons. The minimum atomic E-state index is 0.472. The molecule has 0 aliphatic rings. The molecular formula is C17H23ClN4O. The first-order valence-electron chi connectivity index (χ1n) is 7.92. The summed E-state index contributed by atoms with van der Waals surface area (Å²) in [7, 11) is 0. The van der Waals surface area contributed by atoms with Crippen LogP contribution in [0.4, 0.5) is 0 Å². The van der Waals surface area contributed by atoms with E-state index in [1.54, 1.807) is 0 Å². The Morgan fingerprint density at radius 3 is 2.83 bits per heavy atom. The van der Waals surface area contributed by atoms with Crippen LogP contribution in [0.25, 0.3) is 0 Å². The number of nitrogens with one attached hydrogen (secondary N) is 2. The molecule has 0 amide bonds. The third-order valence-corrected chi connectivity index (χ3v) is 3.54. The van der Waals surface area contributed by atoms with E-state index in [1.807, 2.05) is 38.1 Å². The van der Waals surface area contributed by atoms with Crippen LogP contribution in [-0.2, 0) is 19.4 Å². The van der Waals surface area contributed by atoms with Crippen LogP contribution in [0.15, 0.2) is 39.8 Å². The lowest BCUT2D eigenvalue weighted by atomic mass is 10.1. The molecule has 0 spiro atoms. The summed E-state index contributed by atoms with van der Waals surface area (Å²) in [5.74, 6) is 1.54. The zero-order chi connectivity index (χ0) is 16.5. The number of halogens is 1. The maximum Gasteiger partial charge on any atom is 0.191 e. The van der Waals surface area contributed by atoms with Gasteiger partial charge in [0.25, 0.3) is 0 Å². The van der Waals surface area contributed by atoms with Crippen molar-refractivity contribution in [3.63, 3.8) is 0 Å². The average molecular weight is 335 g/mol. The number of hydrogen-bond acceptors (Lipinski definition) is 3. The molecule has 0 saturated carbocycles. The second kappa shape index (κ2) is 9.20. The van der Waals surface area contributed by atoms with Crippen molar-refractivity contribution in [3.05, 3.63) is 52.4 Å². The van der Waals surface area contributed by atoms with Gasteiger partial charge in [-0.1, -0.05) is 35.8 Å². The lowest BCUT2D eigenvalue weighted by molar-refractivity contribution is 0.379. The number of nitrogens with zero attached hydrogens (tertiary/aromatic N) is 2. The van der Waals surface area contributed by atoms with Crippen molar-refractivity contribution >= 4 is 17.6 Å². The van der Waals surface area contributed by atoms with E-state index < -0.39 is 0 Å². The normalized spacial score (nSPS) is 11.5. The molecule has 6 heteroatoms. The van der Waals surface area contributed by atoms with E-state index in [4.69, 9.17) is 16.1 Å². The smallest absolute Gasteiger partial charge is 0.191 e. The Hall–Kier alpha value is -2.01. The van der Waals surface area contributed by atoms with Gasteiger partial charge in [-0.05, 0) is 37.5 Å². The lowest BCUT2D eigenvalue weighted by Crippen LogP contribution is -2.38. The molecule has 0 radical (unpaired) electrons. The van der Waals surface area contributed by atoms with Gasteiger partial charge in [0.1, 0.15) is 6.54 Å². The topological polar surface area (TPSA) is 62.5 Å². The maximum atomic E-state index is 5.99. The highest BCUT2D eigenvalue weighted by Crippen LogP contribution is 2.10. The van der Waals surface area contributed by atoms with Crippen molar-refractivity contribution < 1.29 is 4.52 Å². The van der Waals surface area contributed by atoms with E-state index in [-0.39, 0.29) is 0 Å². The molecule has 0 saturated heterocycles. The third kappa shape index (κ3) is 5.94. The summed E-state index contributed by atoms with van der Waals surface area (Å²) in [6.07, 6.45) is 1.75. The summed E-state index contributed by atoms with van der Waals surface area (Å²) in [6, 6.07) is 9.84. The van der Waals surface area contributed by atoms with Gasteiger partial charge >= 0.3 is 0 Å². The number of hydrogen-bond donors (Lipinski definition) is 2. The molecular weight excluding hydrogens is 312 g/mol. The fourth-order valence-electron chi connectivity index (χ4n) is 2.11. The largest absolute Gasteiger partial charge is 0.359 e. The monoisotopic (exact) mass is 334 g/mol.